The van der Waals surface area contributed by atoms with E-state index in [2.05, 4.69) is 12.2 Å². The van der Waals surface area contributed by atoms with Crippen molar-refractivity contribution in [2.24, 2.45) is 5.92 Å². The van der Waals surface area contributed by atoms with Crippen molar-refractivity contribution in [1.29, 1.82) is 0 Å². The van der Waals surface area contributed by atoms with E-state index < -0.39 is 5.60 Å². The summed E-state index contributed by atoms with van der Waals surface area (Å²) >= 11 is 0. The van der Waals surface area contributed by atoms with Gasteiger partial charge >= 0.3 is 0 Å². The number of benzene rings is 2. The standard InChI is InChI=1S/C20H25NO/c1-16(15-21-19-13-8-14-19)20(22,17-9-4-2-5-10-17)18-11-6-3-7-12-18/h2-7,9-12,16,19,21-22H,8,13-15H2,1H3. The summed E-state index contributed by atoms with van der Waals surface area (Å²) < 4.78 is 0. The molecule has 0 bridgehead atoms. The third kappa shape index (κ3) is 2.94. The van der Waals surface area contributed by atoms with Gasteiger partial charge in [-0.1, -0.05) is 74.0 Å². The van der Waals surface area contributed by atoms with Crippen molar-refractivity contribution < 1.29 is 5.11 Å². The van der Waals surface area contributed by atoms with Crippen LogP contribution in [0.2, 0.25) is 0 Å². The molecule has 3 rings (SSSR count). The van der Waals surface area contributed by atoms with E-state index in [1.807, 2.05) is 60.7 Å². The lowest BCUT2D eigenvalue weighted by Gasteiger charge is -2.37. The lowest BCUT2D eigenvalue weighted by molar-refractivity contribution is 0.0218. The van der Waals surface area contributed by atoms with Gasteiger partial charge in [-0.05, 0) is 24.0 Å². The van der Waals surface area contributed by atoms with Crippen LogP contribution in [0.3, 0.4) is 0 Å². The predicted octanol–water partition coefficient (Wildman–Crippen LogP) is 3.70. The normalized spacial score (nSPS) is 17.0. The Hall–Kier alpha value is -1.64. The first-order valence-electron chi connectivity index (χ1n) is 8.28. The molecule has 1 atom stereocenters. The van der Waals surface area contributed by atoms with E-state index in [0.29, 0.717) is 6.04 Å². The summed E-state index contributed by atoms with van der Waals surface area (Å²) in [6.45, 7) is 2.95. The summed E-state index contributed by atoms with van der Waals surface area (Å²) in [5.74, 6) is 0.0953. The number of nitrogens with one attached hydrogen (secondary N) is 1. The fraction of sp³-hybridized carbons (Fsp3) is 0.400. The van der Waals surface area contributed by atoms with Crippen molar-refractivity contribution in [3.8, 4) is 0 Å². The summed E-state index contributed by atoms with van der Waals surface area (Å²) in [6, 6.07) is 20.7. The summed E-state index contributed by atoms with van der Waals surface area (Å²) in [7, 11) is 0. The number of hydrogen-bond donors (Lipinski definition) is 2. The van der Waals surface area contributed by atoms with Gasteiger partial charge in [0.1, 0.15) is 5.60 Å². The third-order valence-corrected chi connectivity index (χ3v) is 4.96. The minimum absolute atomic E-state index is 0.0953. The molecular formula is C20H25NO. The van der Waals surface area contributed by atoms with Gasteiger partial charge in [-0.15, -0.1) is 0 Å². The molecule has 1 aliphatic rings. The van der Waals surface area contributed by atoms with Crippen LogP contribution in [0.4, 0.5) is 0 Å². The Labute approximate surface area is 133 Å². The maximum Gasteiger partial charge on any atom is 0.118 e. The van der Waals surface area contributed by atoms with Crippen LogP contribution in [0.25, 0.3) is 0 Å². The minimum atomic E-state index is -0.959. The molecule has 2 aromatic rings. The highest BCUT2D eigenvalue weighted by Crippen LogP contribution is 2.36. The van der Waals surface area contributed by atoms with Crippen molar-refractivity contribution in [1.82, 2.24) is 5.32 Å². The molecule has 0 radical (unpaired) electrons. The molecule has 2 heteroatoms. The zero-order valence-electron chi connectivity index (χ0n) is 13.2. The first kappa shape index (κ1) is 15.3. The second kappa shape index (κ2) is 6.64. The SMILES string of the molecule is CC(CNC1CCC1)C(O)(c1ccccc1)c1ccccc1. The van der Waals surface area contributed by atoms with Crippen molar-refractivity contribution >= 4 is 0 Å². The average Bonchev–Trinajstić information content (AvgIpc) is 2.54. The van der Waals surface area contributed by atoms with Crippen LogP contribution in [0.15, 0.2) is 60.7 Å². The van der Waals surface area contributed by atoms with Crippen LogP contribution in [-0.4, -0.2) is 17.7 Å². The van der Waals surface area contributed by atoms with E-state index in [-0.39, 0.29) is 5.92 Å². The van der Waals surface area contributed by atoms with Gasteiger partial charge in [-0.3, -0.25) is 0 Å². The number of rotatable bonds is 6. The zero-order chi connectivity index (χ0) is 15.4. The number of aliphatic hydroxyl groups is 1. The topological polar surface area (TPSA) is 32.3 Å². The first-order valence-corrected chi connectivity index (χ1v) is 8.28. The van der Waals surface area contributed by atoms with Crippen molar-refractivity contribution in [2.45, 2.75) is 37.8 Å². The molecule has 2 N–H and O–H groups in total. The molecular weight excluding hydrogens is 270 g/mol. The predicted molar refractivity (Wildman–Crippen MR) is 90.7 cm³/mol. The summed E-state index contributed by atoms with van der Waals surface area (Å²) in [5.41, 5.74) is 0.965. The Balaban J connectivity index is 1.88. The lowest BCUT2D eigenvalue weighted by atomic mass is 9.76. The molecule has 2 aromatic carbocycles. The Morgan fingerprint density at radius 2 is 1.50 bits per heavy atom. The summed E-state index contributed by atoms with van der Waals surface area (Å²) in [5, 5.41) is 15.2. The molecule has 1 fully saturated rings. The third-order valence-electron chi connectivity index (χ3n) is 4.96. The van der Waals surface area contributed by atoms with E-state index in [0.717, 1.165) is 17.7 Å². The van der Waals surface area contributed by atoms with Crippen LogP contribution >= 0.6 is 0 Å². The van der Waals surface area contributed by atoms with Gasteiger partial charge in [0.2, 0.25) is 0 Å². The highest BCUT2D eigenvalue weighted by Gasteiger charge is 2.37. The van der Waals surface area contributed by atoms with Crippen LogP contribution in [0, 0.1) is 5.92 Å². The summed E-state index contributed by atoms with van der Waals surface area (Å²) in [6.07, 6.45) is 3.86. The Kier molecular flexibility index (Phi) is 4.60. The molecule has 116 valence electrons. The van der Waals surface area contributed by atoms with Gasteiger partial charge in [-0.25, -0.2) is 0 Å². The van der Waals surface area contributed by atoms with E-state index in [4.69, 9.17) is 0 Å². The molecule has 22 heavy (non-hydrogen) atoms. The highest BCUT2D eigenvalue weighted by atomic mass is 16.3. The molecule has 0 aliphatic heterocycles. The van der Waals surface area contributed by atoms with Crippen molar-refractivity contribution in [2.75, 3.05) is 6.54 Å². The molecule has 1 saturated carbocycles. The van der Waals surface area contributed by atoms with Gasteiger partial charge < -0.3 is 10.4 Å². The monoisotopic (exact) mass is 295 g/mol. The fourth-order valence-electron chi connectivity index (χ4n) is 3.22. The van der Waals surface area contributed by atoms with Crippen LogP contribution in [0.1, 0.15) is 37.3 Å². The van der Waals surface area contributed by atoms with Gasteiger partial charge in [0, 0.05) is 18.5 Å². The van der Waals surface area contributed by atoms with E-state index in [9.17, 15) is 5.11 Å². The second-order valence-corrected chi connectivity index (χ2v) is 6.44. The second-order valence-electron chi connectivity index (χ2n) is 6.44. The first-order chi connectivity index (χ1) is 10.7. The molecule has 2 nitrogen and oxygen atoms in total. The number of hydrogen-bond acceptors (Lipinski definition) is 2. The van der Waals surface area contributed by atoms with Crippen LogP contribution in [-0.2, 0) is 5.60 Å². The van der Waals surface area contributed by atoms with E-state index in [1.54, 1.807) is 0 Å². The maximum atomic E-state index is 11.6. The molecule has 0 heterocycles. The lowest BCUT2D eigenvalue weighted by Crippen LogP contribution is -2.44. The Morgan fingerprint density at radius 3 is 1.91 bits per heavy atom. The van der Waals surface area contributed by atoms with Gasteiger partial charge in [-0.2, -0.15) is 0 Å². The quantitative estimate of drug-likeness (QED) is 0.851. The van der Waals surface area contributed by atoms with Crippen LogP contribution in [0.5, 0.6) is 0 Å². The fourth-order valence-corrected chi connectivity index (χ4v) is 3.22. The highest BCUT2D eigenvalue weighted by molar-refractivity contribution is 5.36. The minimum Gasteiger partial charge on any atom is -0.380 e. The van der Waals surface area contributed by atoms with Crippen LogP contribution < -0.4 is 5.32 Å². The average molecular weight is 295 g/mol. The van der Waals surface area contributed by atoms with Crippen molar-refractivity contribution in [3.05, 3.63) is 71.8 Å². The van der Waals surface area contributed by atoms with E-state index >= 15 is 0 Å². The largest absolute Gasteiger partial charge is 0.380 e. The van der Waals surface area contributed by atoms with Gasteiger partial charge in [0.15, 0.2) is 0 Å². The smallest absolute Gasteiger partial charge is 0.118 e. The van der Waals surface area contributed by atoms with Gasteiger partial charge in [0.05, 0.1) is 0 Å². The Morgan fingerprint density at radius 1 is 1.00 bits per heavy atom. The summed E-state index contributed by atoms with van der Waals surface area (Å²) in [4.78, 5) is 0. The molecule has 0 spiro atoms. The molecule has 0 saturated heterocycles. The van der Waals surface area contributed by atoms with Gasteiger partial charge in [0.25, 0.3) is 0 Å². The van der Waals surface area contributed by atoms with E-state index in [1.165, 1.54) is 19.3 Å². The van der Waals surface area contributed by atoms with Crippen molar-refractivity contribution in [3.63, 3.8) is 0 Å². The Bertz CT molecular complexity index is 538. The zero-order valence-corrected chi connectivity index (χ0v) is 13.2. The maximum absolute atomic E-state index is 11.6. The molecule has 0 aromatic heterocycles. The molecule has 1 aliphatic carbocycles. The molecule has 1 unspecified atom stereocenters. The molecule has 0 amide bonds.